The average Bonchev–Trinajstić information content (AvgIpc) is 2.36. The second-order valence-electron chi connectivity index (χ2n) is 4.21. The van der Waals surface area contributed by atoms with E-state index >= 15 is 0 Å². The number of hydrogen-bond acceptors (Lipinski definition) is 3. The fourth-order valence-electron chi connectivity index (χ4n) is 1.64. The van der Waals surface area contributed by atoms with Gasteiger partial charge in [-0.05, 0) is 31.9 Å². The Balaban J connectivity index is 3.00. The van der Waals surface area contributed by atoms with Crippen LogP contribution in [0.3, 0.4) is 0 Å². The molecule has 1 atom stereocenters. The number of benzene rings is 1. The molecule has 0 saturated heterocycles. The van der Waals surface area contributed by atoms with Crippen molar-refractivity contribution in [2.24, 2.45) is 0 Å². The first-order valence-corrected chi connectivity index (χ1v) is 7.42. The highest BCUT2D eigenvalue weighted by Gasteiger charge is 2.29. The van der Waals surface area contributed by atoms with Crippen LogP contribution in [-0.2, 0) is 9.84 Å². The molecule has 0 aliphatic rings. The first-order valence-electron chi connectivity index (χ1n) is 5.88. The summed E-state index contributed by atoms with van der Waals surface area (Å²) >= 11 is 0. The van der Waals surface area contributed by atoms with Crippen molar-refractivity contribution in [1.29, 1.82) is 0 Å². The predicted octanol–water partition coefficient (Wildman–Crippen LogP) is 3.45. The van der Waals surface area contributed by atoms with Crippen molar-refractivity contribution < 1.29 is 17.2 Å². The van der Waals surface area contributed by atoms with Crippen molar-refractivity contribution in [2.45, 2.75) is 36.5 Å². The number of para-hydroxylation sites is 1. The van der Waals surface area contributed by atoms with Gasteiger partial charge in [0.15, 0.2) is 0 Å². The summed E-state index contributed by atoms with van der Waals surface area (Å²) in [5.41, 5.74) is 0.208. The third kappa shape index (κ3) is 4.02. The number of anilines is 1. The Kier molecular flexibility index (Phi) is 5.47. The van der Waals surface area contributed by atoms with Crippen LogP contribution >= 0.6 is 0 Å². The monoisotopic (exact) mass is 289 g/mol. The molecule has 1 N–H and O–H groups in total. The van der Waals surface area contributed by atoms with E-state index in [2.05, 4.69) is 11.9 Å². The molecule has 3 nitrogen and oxygen atoms in total. The minimum absolute atomic E-state index is 0.0352. The predicted molar refractivity (Wildman–Crippen MR) is 72.1 cm³/mol. The average molecular weight is 289 g/mol. The molecule has 0 radical (unpaired) electrons. The van der Waals surface area contributed by atoms with E-state index in [1.807, 2.05) is 6.92 Å². The molecule has 19 heavy (non-hydrogen) atoms. The van der Waals surface area contributed by atoms with Crippen LogP contribution in [0.1, 0.15) is 19.8 Å². The number of sulfone groups is 1. The maximum Gasteiger partial charge on any atom is 0.341 e. The molecule has 1 rings (SSSR count). The molecule has 0 aliphatic carbocycles. The molecule has 0 amide bonds. The summed E-state index contributed by atoms with van der Waals surface area (Å²) in [4.78, 5) is -0.365. The lowest BCUT2D eigenvalue weighted by molar-refractivity contribution is 0.235. The molecule has 0 aromatic heterocycles. The Morgan fingerprint density at radius 2 is 2.00 bits per heavy atom. The van der Waals surface area contributed by atoms with E-state index < -0.39 is 15.6 Å². The Bertz CT molecular complexity index is 529. The molecular weight excluding hydrogens is 272 g/mol. The lowest BCUT2D eigenvalue weighted by Gasteiger charge is -2.17. The fraction of sp³-hybridized carbons (Fsp3) is 0.385. The van der Waals surface area contributed by atoms with Crippen molar-refractivity contribution >= 4 is 15.5 Å². The highest BCUT2D eigenvalue weighted by molar-refractivity contribution is 7.91. The molecular formula is C13H17F2NO2S. The maximum absolute atomic E-state index is 12.6. The summed E-state index contributed by atoms with van der Waals surface area (Å²) in [7, 11) is -4.59. The summed E-state index contributed by atoms with van der Waals surface area (Å²) in [6.45, 7) is 5.45. The van der Waals surface area contributed by atoms with E-state index in [0.717, 1.165) is 12.8 Å². The van der Waals surface area contributed by atoms with E-state index in [1.54, 1.807) is 12.1 Å². The molecule has 0 spiro atoms. The Labute approximate surface area is 112 Å². The number of alkyl halides is 2. The molecule has 106 valence electrons. The Morgan fingerprint density at radius 3 is 2.58 bits per heavy atom. The van der Waals surface area contributed by atoms with Gasteiger partial charge in [-0.25, -0.2) is 8.42 Å². The third-order valence-electron chi connectivity index (χ3n) is 2.63. The van der Waals surface area contributed by atoms with Gasteiger partial charge in [0, 0.05) is 6.04 Å². The van der Waals surface area contributed by atoms with E-state index in [4.69, 9.17) is 0 Å². The van der Waals surface area contributed by atoms with Crippen LogP contribution in [0.2, 0.25) is 0 Å². The molecule has 0 heterocycles. The summed E-state index contributed by atoms with van der Waals surface area (Å²) in [5.74, 6) is -3.42. The van der Waals surface area contributed by atoms with Crippen molar-refractivity contribution in [2.75, 3.05) is 5.32 Å². The van der Waals surface area contributed by atoms with Gasteiger partial charge in [0.05, 0.1) is 10.6 Å². The van der Waals surface area contributed by atoms with Crippen LogP contribution in [0, 0.1) is 0 Å². The first kappa shape index (κ1) is 15.6. The quantitative estimate of drug-likeness (QED) is 0.782. The largest absolute Gasteiger partial charge is 0.382 e. The molecule has 0 fully saturated rings. The first-order chi connectivity index (χ1) is 8.89. The Hall–Kier alpha value is -1.43. The number of hydrogen-bond donors (Lipinski definition) is 1. The van der Waals surface area contributed by atoms with Crippen LogP contribution < -0.4 is 5.32 Å². The van der Waals surface area contributed by atoms with Gasteiger partial charge in [-0.2, -0.15) is 8.78 Å². The van der Waals surface area contributed by atoms with E-state index in [9.17, 15) is 17.2 Å². The SMILES string of the molecule is C=CCCC(C)Nc1ccccc1S(=O)(=O)C(F)F. The molecule has 0 aliphatic heterocycles. The zero-order chi connectivity index (χ0) is 14.5. The molecule has 1 unspecified atom stereocenters. The van der Waals surface area contributed by atoms with Crippen LogP contribution in [-0.4, -0.2) is 20.2 Å². The third-order valence-corrected chi connectivity index (χ3v) is 4.07. The summed E-state index contributed by atoms with van der Waals surface area (Å²) in [5, 5.41) is 2.95. The van der Waals surface area contributed by atoms with Crippen LogP contribution in [0.4, 0.5) is 14.5 Å². The molecule has 0 saturated carbocycles. The minimum atomic E-state index is -4.59. The molecule has 1 aromatic rings. The zero-order valence-corrected chi connectivity index (χ0v) is 11.5. The number of nitrogens with one attached hydrogen (secondary N) is 1. The maximum atomic E-state index is 12.6. The van der Waals surface area contributed by atoms with E-state index in [-0.39, 0.29) is 16.6 Å². The minimum Gasteiger partial charge on any atom is -0.382 e. The van der Waals surface area contributed by atoms with Crippen molar-refractivity contribution in [3.63, 3.8) is 0 Å². The summed E-state index contributed by atoms with van der Waals surface area (Å²) in [6.07, 6.45) is 3.25. The second-order valence-corrected chi connectivity index (χ2v) is 6.10. The number of rotatable bonds is 7. The van der Waals surface area contributed by atoms with Gasteiger partial charge in [0.1, 0.15) is 0 Å². The second kappa shape index (κ2) is 6.65. The highest BCUT2D eigenvalue weighted by atomic mass is 32.2. The van der Waals surface area contributed by atoms with E-state index in [1.165, 1.54) is 18.2 Å². The van der Waals surface area contributed by atoms with Gasteiger partial charge >= 0.3 is 5.76 Å². The Morgan fingerprint density at radius 1 is 1.37 bits per heavy atom. The van der Waals surface area contributed by atoms with Crippen molar-refractivity contribution in [3.8, 4) is 0 Å². The van der Waals surface area contributed by atoms with Gasteiger partial charge in [0.2, 0.25) is 9.84 Å². The van der Waals surface area contributed by atoms with Crippen LogP contribution in [0.25, 0.3) is 0 Å². The normalized spacial score (nSPS) is 13.3. The van der Waals surface area contributed by atoms with Crippen molar-refractivity contribution in [3.05, 3.63) is 36.9 Å². The summed E-state index contributed by atoms with van der Waals surface area (Å²) in [6, 6.07) is 5.66. The van der Waals surface area contributed by atoms with Crippen LogP contribution in [0.15, 0.2) is 41.8 Å². The van der Waals surface area contributed by atoms with Gasteiger partial charge in [-0.3, -0.25) is 0 Å². The van der Waals surface area contributed by atoms with Gasteiger partial charge in [-0.1, -0.05) is 18.2 Å². The van der Waals surface area contributed by atoms with Crippen molar-refractivity contribution in [1.82, 2.24) is 0 Å². The van der Waals surface area contributed by atoms with Gasteiger partial charge in [0.25, 0.3) is 0 Å². The molecule has 6 heteroatoms. The fourth-order valence-corrected chi connectivity index (χ4v) is 2.53. The standard InChI is InChI=1S/C13H17F2NO2S/c1-3-4-7-10(2)16-11-8-5-6-9-12(11)19(17,18)13(14)15/h3,5-6,8-10,13,16H,1,4,7H2,2H3. The van der Waals surface area contributed by atoms with Gasteiger partial charge < -0.3 is 5.32 Å². The highest BCUT2D eigenvalue weighted by Crippen LogP contribution is 2.26. The number of halogens is 2. The van der Waals surface area contributed by atoms with E-state index in [0.29, 0.717) is 0 Å². The van der Waals surface area contributed by atoms with Gasteiger partial charge in [-0.15, -0.1) is 6.58 Å². The zero-order valence-electron chi connectivity index (χ0n) is 10.6. The molecule has 0 bridgehead atoms. The summed E-state index contributed by atoms with van der Waals surface area (Å²) < 4.78 is 48.3. The lowest BCUT2D eigenvalue weighted by atomic mass is 10.1. The number of allylic oxidation sites excluding steroid dienone is 1. The smallest absolute Gasteiger partial charge is 0.341 e. The topological polar surface area (TPSA) is 46.2 Å². The molecule has 1 aromatic carbocycles. The van der Waals surface area contributed by atoms with Crippen LogP contribution in [0.5, 0.6) is 0 Å². The lowest BCUT2D eigenvalue weighted by Crippen LogP contribution is -2.19.